The quantitative estimate of drug-likeness (QED) is 0.496. The van der Waals surface area contributed by atoms with E-state index in [9.17, 15) is 8.78 Å². The van der Waals surface area contributed by atoms with Gasteiger partial charge in [-0.05, 0) is 38.2 Å². The number of rotatable bonds is 4. The lowest BCUT2D eigenvalue weighted by atomic mass is 10.1. The normalized spacial score (nSPS) is 16.3. The highest BCUT2D eigenvalue weighted by molar-refractivity contribution is 7.80. The molecule has 0 radical (unpaired) electrons. The van der Waals surface area contributed by atoms with Gasteiger partial charge >= 0.3 is 0 Å². The number of halogens is 2. The molecular weight excluding hydrogens is 320 g/mol. The molecule has 0 bridgehead atoms. The Balaban J connectivity index is 2.12. The molecule has 1 fully saturated rings. The number of hydrogen-bond donors (Lipinski definition) is 2. The first-order valence-corrected chi connectivity index (χ1v) is 7.86. The molecule has 0 aromatic heterocycles. The fraction of sp³-hybridized carbons (Fsp3) is 0.467. The lowest BCUT2D eigenvalue weighted by molar-refractivity contribution is 0.208. The predicted octanol–water partition coefficient (Wildman–Crippen LogP) is 1.66. The molecule has 0 saturated carbocycles. The van der Waals surface area contributed by atoms with Crippen LogP contribution in [0.2, 0.25) is 0 Å². The SMILES string of the molecule is CC(C)N1CCN(c2c(F)cc(C=NNC(N)=S)cc2F)CC1. The second-order valence-corrected chi connectivity index (χ2v) is 6.12. The van der Waals surface area contributed by atoms with Crippen LogP contribution in [0.25, 0.3) is 0 Å². The summed E-state index contributed by atoms with van der Waals surface area (Å²) in [6.45, 7) is 7.01. The van der Waals surface area contributed by atoms with Crippen LogP contribution >= 0.6 is 12.2 Å². The van der Waals surface area contributed by atoms with Gasteiger partial charge in [0.2, 0.25) is 0 Å². The maximum Gasteiger partial charge on any atom is 0.184 e. The van der Waals surface area contributed by atoms with Gasteiger partial charge in [0.05, 0.1) is 6.21 Å². The van der Waals surface area contributed by atoms with Gasteiger partial charge in [0.15, 0.2) is 5.11 Å². The average molecular weight is 341 g/mol. The molecule has 8 heteroatoms. The monoisotopic (exact) mass is 341 g/mol. The molecule has 0 atom stereocenters. The van der Waals surface area contributed by atoms with Crippen molar-refractivity contribution in [1.82, 2.24) is 10.3 Å². The van der Waals surface area contributed by atoms with E-state index < -0.39 is 11.6 Å². The Kier molecular flexibility index (Phi) is 5.84. The third-order valence-corrected chi connectivity index (χ3v) is 3.88. The molecule has 0 spiro atoms. The summed E-state index contributed by atoms with van der Waals surface area (Å²) in [4.78, 5) is 4.03. The highest BCUT2D eigenvalue weighted by atomic mass is 32.1. The van der Waals surface area contributed by atoms with Crippen molar-refractivity contribution in [2.45, 2.75) is 19.9 Å². The number of thiocarbonyl (C=S) groups is 1. The fourth-order valence-electron chi connectivity index (χ4n) is 2.59. The van der Waals surface area contributed by atoms with Crippen molar-refractivity contribution in [3.8, 4) is 0 Å². The number of benzene rings is 1. The number of anilines is 1. The number of hydrazone groups is 1. The maximum atomic E-state index is 14.3. The van der Waals surface area contributed by atoms with Gasteiger partial charge in [-0.2, -0.15) is 5.10 Å². The van der Waals surface area contributed by atoms with Gasteiger partial charge < -0.3 is 10.6 Å². The predicted molar refractivity (Wildman–Crippen MR) is 92.8 cm³/mol. The largest absolute Gasteiger partial charge is 0.375 e. The summed E-state index contributed by atoms with van der Waals surface area (Å²) in [6.07, 6.45) is 1.27. The van der Waals surface area contributed by atoms with Gasteiger partial charge in [-0.3, -0.25) is 10.3 Å². The Hall–Kier alpha value is -1.80. The molecule has 1 heterocycles. The lowest BCUT2D eigenvalue weighted by Crippen LogP contribution is -2.49. The number of hydrogen-bond acceptors (Lipinski definition) is 4. The van der Waals surface area contributed by atoms with Crippen molar-refractivity contribution in [1.29, 1.82) is 0 Å². The highest BCUT2D eigenvalue weighted by Crippen LogP contribution is 2.26. The zero-order chi connectivity index (χ0) is 17.0. The van der Waals surface area contributed by atoms with Crippen molar-refractivity contribution in [2.75, 3.05) is 31.1 Å². The smallest absolute Gasteiger partial charge is 0.184 e. The number of piperazine rings is 1. The van der Waals surface area contributed by atoms with Crippen molar-refractivity contribution in [3.63, 3.8) is 0 Å². The molecule has 23 heavy (non-hydrogen) atoms. The van der Waals surface area contributed by atoms with Crippen molar-refractivity contribution in [2.24, 2.45) is 10.8 Å². The first-order chi connectivity index (χ1) is 10.9. The van der Waals surface area contributed by atoms with Crippen molar-refractivity contribution < 1.29 is 8.78 Å². The lowest BCUT2D eigenvalue weighted by Gasteiger charge is -2.38. The van der Waals surface area contributed by atoms with Crippen LogP contribution in [-0.4, -0.2) is 48.4 Å². The second kappa shape index (κ2) is 7.65. The molecule has 1 aliphatic rings. The zero-order valence-corrected chi connectivity index (χ0v) is 14.0. The van der Waals surface area contributed by atoms with E-state index in [1.54, 1.807) is 4.90 Å². The van der Waals surface area contributed by atoms with Crippen LogP contribution in [0.3, 0.4) is 0 Å². The molecule has 0 amide bonds. The average Bonchev–Trinajstić information content (AvgIpc) is 2.46. The minimum atomic E-state index is -0.597. The molecule has 0 aliphatic carbocycles. The molecule has 5 nitrogen and oxygen atoms in total. The van der Waals surface area contributed by atoms with Crippen LogP contribution < -0.4 is 16.1 Å². The minimum Gasteiger partial charge on any atom is -0.375 e. The van der Waals surface area contributed by atoms with Gasteiger partial charge in [-0.15, -0.1) is 0 Å². The summed E-state index contributed by atoms with van der Waals surface area (Å²) in [5, 5.41) is 3.69. The summed E-state index contributed by atoms with van der Waals surface area (Å²) in [5.41, 5.74) is 7.88. The summed E-state index contributed by atoms with van der Waals surface area (Å²) < 4.78 is 28.6. The van der Waals surface area contributed by atoms with E-state index in [-0.39, 0.29) is 10.8 Å². The third-order valence-electron chi connectivity index (χ3n) is 3.79. The molecule has 3 N–H and O–H groups in total. The molecular formula is C15H21F2N5S. The Morgan fingerprint density at radius 2 is 1.83 bits per heavy atom. The molecule has 1 aliphatic heterocycles. The zero-order valence-electron chi connectivity index (χ0n) is 13.2. The topological polar surface area (TPSA) is 56.9 Å². The number of nitrogens with zero attached hydrogens (tertiary/aromatic N) is 3. The van der Waals surface area contributed by atoms with Gasteiger partial charge in [0.1, 0.15) is 17.3 Å². The van der Waals surface area contributed by atoms with Crippen LogP contribution in [0, 0.1) is 11.6 Å². The summed E-state index contributed by atoms with van der Waals surface area (Å²) in [7, 11) is 0. The second-order valence-electron chi connectivity index (χ2n) is 5.68. The first-order valence-electron chi connectivity index (χ1n) is 7.45. The first kappa shape index (κ1) is 17.6. The van der Waals surface area contributed by atoms with Crippen LogP contribution in [0.15, 0.2) is 17.2 Å². The number of nitrogens with two attached hydrogens (primary N) is 1. The summed E-state index contributed by atoms with van der Waals surface area (Å²) in [5.74, 6) is -1.19. The van der Waals surface area contributed by atoms with Gasteiger partial charge in [-0.25, -0.2) is 8.78 Å². The van der Waals surface area contributed by atoms with E-state index in [0.29, 0.717) is 24.7 Å². The molecule has 2 rings (SSSR count). The minimum absolute atomic E-state index is 0.0122. The van der Waals surface area contributed by atoms with Crippen LogP contribution in [0.5, 0.6) is 0 Å². The van der Waals surface area contributed by atoms with Gasteiger partial charge in [0, 0.05) is 37.8 Å². The third kappa shape index (κ3) is 4.59. The van der Waals surface area contributed by atoms with E-state index in [1.807, 2.05) is 0 Å². The Labute approximate surface area is 140 Å². The van der Waals surface area contributed by atoms with E-state index in [2.05, 4.69) is 41.5 Å². The Morgan fingerprint density at radius 3 is 2.30 bits per heavy atom. The highest BCUT2D eigenvalue weighted by Gasteiger charge is 2.23. The molecule has 1 saturated heterocycles. The molecule has 1 aromatic carbocycles. The van der Waals surface area contributed by atoms with E-state index in [1.165, 1.54) is 18.3 Å². The van der Waals surface area contributed by atoms with Gasteiger partial charge in [-0.1, -0.05) is 0 Å². The summed E-state index contributed by atoms with van der Waals surface area (Å²) in [6, 6.07) is 2.93. The standard InChI is InChI=1S/C15H21F2N5S/c1-10(2)21-3-5-22(6-4-21)14-12(16)7-11(8-13(14)17)9-19-20-15(18)23/h7-10H,3-6H2,1-2H3,(H3,18,20,23). The van der Waals surface area contributed by atoms with E-state index in [4.69, 9.17) is 5.73 Å². The molecule has 0 unspecified atom stereocenters. The van der Waals surface area contributed by atoms with Crippen LogP contribution in [0.1, 0.15) is 19.4 Å². The fourth-order valence-corrected chi connectivity index (χ4v) is 2.65. The summed E-state index contributed by atoms with van der Waals surface area (Å²) >= 11 is 4.59. The maximum absolute atomic E-state index is 14.3. The van der Waals surface area contributed by atoms with Crippen molar-refractivity contribution >= 4 is 29.2 Å². The molecule has 126 valence electrons. The Bertz CT molecular complexity index is 575. The van der Waals surface area contributed by atoms with Gasteiger partial charge in [0.25, 0.3) is 0 Å². The van der Waals surface area contributed by atoms with Crippen LogP contribution in [-0.2, 0) is 0 Å². The Morgan fingerprint density at radius 1 is 1.26 bits per heavy atom. The van der Waals surface area contributed by atoms with Crippen molar-refractivity contribution in [3.05, 3.63) is 29.3 Å². The van der Waals surface area contributed by atoms with E-state index >= 15 is 0 Å². The number of nitrogens with one attached hydrogen (secondary N) is 1. The van der Waals surface area contributed by atoms with E-state index in [0.717, 1.165) is 13.1 Å². The van der Waals surface area contributed by atoms with Crippen LogP contribution in [0.4, 0.5) is 14.5 Å². The molecule has 1 aromatic rings.